The zero-order chi connectivity index (χ0) is 10.7. The van der Waals surface area contributed by atoms with Gasteiger partial charge in [0.15, 0.2) is 0 Å². The zero-order valence-electron chi connectivity index (χ0n) is 10.1. The maximum atomic E-state index is 5.95. The van der Waals surface area contributed by atoms with E-state index in [1.807, 2.05) is 5.57 Å². The van der Waals surface area contributed by atoms with Crippen molar-refractivity contribution in [2.24, 2.45) is 11.7 Å². The van der Waals surface area contributed by atoms with E-state index < -0.39 is 0 Å². The van der Waals surface area contributed by atoms with E-state index in [9.17, 15) is 0 Å². The lowest BCUT2D eigenvalue weighted by atomic mass is 9.79. The fourth-order valence-electron chi connectivity index (χ4n) is 3.13. The molecule has 15 heavy (non-hydrogen) atoms. The van der Waals surface area contributed by atoms with Crippen molar-refractivity contribution in [1.29, 1.82) is 0 Å². The summed E-state index contributed by atoms with van der Waals surface area (Å²) >= 11 is 0. The van der Waals surface area contributed by atoms with Gasteiger partial charge in [0.25, 0.3) is 0 Å². The summed E-state index contributed by atoms with van der Waals surface area (Å²) in [4.78, 5) is 0. The third-order valence-electron chi connectivity index (χ3n) is 4.42. The Kier molecular flexibility index (Phi) is 3.85. The third kappa shape index (κ3) is 2.84. The van der Waals surface area contributed by atoms with Gasteiger partial charge in [-0.15, -0.1) is 0 Å². The van der Waals surface area contributed by atoms with Gasteiger partial charge < -0.3 is 5.73 Å². The summed E-state index contributed by atoms with van der Waals surface area (Å²) in [5.74, 6) is 1.01. The van der Waals surface area contributed by atoms with Crippen molar-refractivity contribution in [2.45, 2.75) is 70.8 Å². The van der Waals surface area contributed by atoms with Crippen LogP contribution in [0.2, 0.25) is 0 Å². The number of hydrogen-bond acceptors (Lipinski definition) is 1. The first kappa shape index (κ1) is 11.2. The Hall–Kier alpha value is -0.300. The normalized spacial score (nSPS) is 33.2. The van der Waals surface area contributed by atoms with Gasteiger partial charge in [-0.05, 0) is 57.3 Å². The Morgan fingerprint density at radius 3 is 1.87 bits per heavy atom. The number of hydrogen-bond donors (Lipinski definition) is 1. The van der Waals surface area contributed by atoms with E-state index in [0.29, 0.717) is 6.04 Å². The molecule has 2 fully saturated rings. The summed E-state index contributed by atoms with van der Waals surface area (Å²) in [6.45, 7) is 2.34. The highest BCUT2D eigenvalue weighted by molar-refractivity contribution is 5.18. The van der Waals surface area contributed by atoms with Gasteiger partial charge in [-0.3, -0.25) is 0 Å². The molecule has 0 saturated heterocycles. The lowest BCUT2D eigenvalue weighted by Gasteiger charge is -2.28. The molecule has 0 aromatic rings. The zero-order valence-corrected chi connectivity index (χ0v) is 10.1. The first-order chi connectivity index (χ1) is 7.29. The molecule has 2 aliphatic rings. The van der Waals surface area contributed by atoms with E-state index in [1.54, 1.807) is 5.57 Å². The van der Waals surface area contributed by atoms with Gasteiger partial charge in [-0.25, -0.2) is 0 Å². The first-order valence-electron chi connectivity index (χ1n) is 6.75. The smallest absolute Gasteiger partial charge is 0.00449 e. The van der Waals surface area contributed by atoms with Crippen molar-refractivity contribution >= 4 is 0 Å². The summed E-state index contributed by atoms with van der Waals surface area (Å²) in [5.41, 5.74) is 9.54. The highest BCUT2D eigenvalue weighted by Crippen LogP contribution is 2.36. The monoisotopic (exact) mass is 207 g/mol. The minimum atomic E-state index is 0.487. The molecule has 0 heterocycles. The van der Waals surface area contributed by atoms with Crippen molar-refractivity contribution < 1.29 is 0 Å². The Morgan fingerprint density at radius 2 is 1.40 bits per heavy atom. The third-order valence-corrected chi connectivity index (χ3v) is 4.42. The van der Waals surface area contributed by atoms with Crippen LogP contribution in [0.1, 0.15) is 64.7 Å². The molecule has 1 nitrogen and oxygen atoms in total. The lowest BCUT2D eigenvalue weighted by molar-refractivity contribution is 0.390. The quantitative estimate of drug-likeness (QED) is 0.651. The van der Waals surface area contributed by atoms with E-state index in [1.165, 1.54) is 57.8 Å². The molecule has 0 amide bonds. The number of rotatable bonds is 1. The highest BCUT2D eigenvalue weighted by Gasteiger charge is 2.20. The molecule has 0 radical (unpaired) electrons. The molecule has 2 N–H and O–H groups in total. The van der Waals surface area contributed by atoms with Crippen molar-refractivity contribution in [3.05, 3.63) is 11.1 Å². The van der Waals surface area contributed by atoms with Gasteiger partial charge in [-0.2, -0.15) is 0 Å². The van der Waals surface area contributed by atoms with E-state index in [2.05, 4.69) is 6.92 Å². The van der Waals surface area contributed by atoms with Crippen molar-refractivity contribution in [1.82, 2.24) is 0 Å². The molecular formula is C14H25N. The summed E-state index contributed by atoms with van der Waals surface area (Å²) < 4.78 is 0. The Balaban J connectivity index is 1.90. The molecule has 0 aromatic heterocycles. The Labute approximate surface area is 94.1 Å². The summed E-state index contributed by atoms with van der Waals surface area (Å²) in [6.07, 6.45) is 12.1. The number of nitrogens with two attached hydrogens (primary N) is 1. The van der Waals surface area contributed by atoms with Crippen LogP contribution in [-0.2, 0) is 0 Å². The van der Waals surface area contributed by atoms with E-state index >= 15 is 0 Å². The molecule has 86 valence electrons. The fourth-order valence-corrected chi connectivity index (χ4v) is 3.13. The minimum absolute atomic E-state index is 0.487. The van der Waals surface area contributed by atoms with Crippen LogP contribution >= 0.6 is 0 Å². The standard InChI is InChI=1S/C14H25N/c1-2-11-3-5-12(6-4-11)13-7-9-14(15)10-8-13/h11,14H,2-10,15H2,1H3. The van der Waals surface area contributed by atoms with E-state index in [4.69, 9.17) is 5.73 Å². The molecule has 0 bridgehead atoms. The predicted octanol–water partition coefficient (Wildman–Crippen LogP) is 3.78. The van der Waals surface area contributed by atoms with Crippen molar-refractivity contribution in [2.75, 3.05) is 0 Å². The van der Waals surface area contributed by atoms with Crippen LogP contribution in [0.4, 0.5) is 0 Å². The van der Waals surface area contributed by atoms with Gasteiger partial charge in [0.1, 0.15) is 0 Å². The SMILES string of the molecule is CCC1CCC(=C2CCC(N)CC2)CC1. The molecule has 2 saturated carbocycles. The van der Waals surface area contributed by atoms with Crippen molar-refractivity contribution in [3.63, 3.8) is 0 Å². The second kappa shape index (κ2) is 5.16. The lowest BCUT2D eigenvalue weighted by Crippen LogP contribution is -2.24. The average molecular weight is 207 g/mol. The molecule has 0 aromatic carbocycles. The molecule has 0 unspecified atom stereocenters. The highest BCUT2D eigenvalue weighted by atomic mass is 14.6. The maximum absolute atomic E-state index is 5.95. The molecule has 2 rings (SSSR count). The molecule has 2 aliphatic carbocycles. The predicted molar refractivity (Wildman–Crippen MR) is 65.7 cm³/mol. The second-order valence-electron chi connectivity index (χ2n) is 5.40. The van der Waals surface area contributed by atoms with Crippen LogP contribution < -0.4 is 5.73 Å². The van der Waals surface area contributed by atoms with Crippen LogP contribution in [0.15, 0.2) is 11.1 Å². The van der Waals surface area contributed by atoms with Gasteiger partial charge in [0, 0.05) is 6.04 Å². The summed E-state index contributed by atoms with van der Waals surface area (Å²) in [5, 5.41) is 0. The first-order valence-corrected chi connectivity index (χ1v) is 6.75. The molecule has 0 spiro atoms. The molecular weight excluding hydrogens is 182 g/mol. The van der Waals surface area contributed by atoms with Crippen LogP contribution in [0.3, 0.4) is 0 Å². The molecule has 1 heteroatoms. The second-order valence-corrected chi connectivity index (χ2v) is 5.40. The van der Waals surface area contributed by atoms with Gasteiger partial charge in [-0.1, -0.05) is 24.5 Å². The Morgan fingerprint density at radius 1 is 0.933 bits per heavy atom. The molecule has 0 atom stereocenters. The fraction of sp³-hybridized carbons (Fsp3) is 0.857. The molecule has 0 aliphatic heterocycles. The summed E-state index contributed by atoms with van der Waals surface area (Å²) in [6, 6.07) is 0.487. The Bertz CT molecular complexity index is 222. The maximum Gasteiger partial charge on any atom is 0.00449 e. The van der Waals surface area contributed by atoms with Crippen LogP contribution in [0, 0.1) is 5.92 Å². The van der Waals surface area contributed by atoms with Gasteiger partial charge in [0.05, 0.1) is 0 Å². The largest absolute Gasteiger partial charge is 0.328 e. The summed E-state index contributed by atoms with van der Waals surface area (Å²) in [7, 11) is 0. The van der Waals surface area contributed by atoms with E-state index in [-0.39, 0.29) is 0 Å². The number of allylic oxidation sites excluding steroid dienone is 2. The van der Waals surface area contributed by atoms with Gasteiger partial charge in [0.2, 0.25) is 0 Å². The van der Waals surface area contributed by atoms with Crippen LogP contribution in [-0.4, -0.2) is 6.04 Å². The van der Waals surface area contributed by atoms with E-state index in [0.717, 1.165) is 5.92 Å². The van der Waals surface area contributed by atoms with Crippen LogP contribution in [0.5, 0.6) is 0 Å². The minimum Gasteiger partial charge on any atom is -0.328 e. The topological polar surface area (TPSA) is 26.0 Å². The van der Waals surface area contributed by atoms with Crippen LogP contribution in [0.25, 0.3) is 0 Å². The van der Waals surface area contributed by atoms with Crippen molar-refractivity contribution in [3.8, 4) is 0 Å². The average Bonchev–Trinajstić information content (AvgIpc) is 2.30. The van der Waals surface area contributed by atoms with Gasteiger partial charge >= 0.3 is 0 Å².